The minimum atomic E-state index is -0.645. The Balaban J connectivity index is 1.53. The van der Waals surface area contributed by atoms with Crippen LogP contribution >= 0.6 is 11.6 Å². The molecule has 0 bridgehead atoms. The third kappa shape index (κ3) is 4.00. The molecule has 10 heteroatoms. The van der Waals surface area contributed by atoms with Gasteiger partial charge < -0.3 is 14.2 Å². The SMILES string of the molecule is Cc1c(-c2cc3cc(NC(=O)OC4CCOC4)ncc3c(Cl)c2F)cnc2c1[C@H](C#N)CCO2. The van der Waals surface area contributed by atoms with E-state index < -0.39 is 11.9 Å². The zero-order chi connectivity index (χ0) is 23.8. The average Bonchev–Trinajstić information content (AvgIpc) is 3.34. The number of amides is 1. The van der Waals surface area contributed by atoms with Crippen molar-refractivity contribution < 1.29 is 23.4 Å². The fraction of sp³-hybridized carbons (Fsp3) is 0.333. The summed E-state index contributed by atoms with van der Waals surface area (Å²) in [6.07, 6.45) is 3.17. The number of carbonyl (C=O) groups excluding carboxylic acids is 1. The second kappa shape index (κ2) is 9.05. The Morgan fingerprint density at radius 1 is 1.26 bits per heavy atom. The Kier molecular flexibility index (Phi) is 5.94. The van der Waals surface area contributed by atoms with Gasteiger partial charge >= 0.3 is 6.09 Å². The summed E-state index contributed by atoms with van der Waals surface area (Å²) >= 11 is 6.37. The summed E-state index contributed by atoms with van der Waals surface area (Å²) in [5.74, 6) is -0.365. The number of anilines is 1. The van der Waals surface area contributed by atoms with Gasteiger partial charge in [0, 0.05) is 47.3 Å². The number of nitriles is 1. The lowest BCUT2D eigenvalue weighted by Crippen LogP contribution is -2.22. The molecule has 5 rings (SSSR count). The van der Waals surface area contributed by atoms with Gasteiger partial charge in [0.2, 0.25) is 5.88 Å². The van der Waals surface area contributed by atoms with Crippen LogP contribution in [0, 0.1) is 24.1 Å². The standard InChI is InChI=1S/C24H20ClFN4O4/c1-12-17(9-29-23-20(12)13(8-27)2-5-33-23)16-6-14-7-19(28-10-18(14)21(25)22(16)26)30-24(31)34-15-3-4-32-11-15/h6-7,9-10,13,15H,2-5,11H2,1H3,(H,28,30,31)/t13-,15?/m0/s1. The molecular formula is C24H20ClFN4O4. The molecule has 3 aromatic rings. The summed E-state index contributed by atoms with van der Waals surface area (Å²) < 4.78 is 31.5. The Morgan fingerprint density at radius 3 is 2.88 bits per heavy atom. The zero-order valence-corrected chi connectivity index (χ0v) is 19.0. The molecule has 8 nitrogen and oxygen atoms in total. The van der Waals surface area contributed by atoms with E-state index in [-0.39, 0.29) is 28.4 Å². The van der Waals surface area contributed by atoms with Crippen LogP contribution in [0.4, 0.5) is 15.0 Å². The van der Waals surface area contributed by atoms with Gasteiger partial charge in [0.15, 0.2) is 0 Å². The number of aromatic nitrogens is 2. The van der Waals surface area contributed by atoms with Crippen molar-refractivity contribution in [1.29, 1.82) is 5.26 Å². The number of hydrogen-bond acceptors (Lipinski definition) is 7. The minimum absolute atomic E-state index is 0.0950. The molecular weight excluding hydrogens is 463 g/mol. The van der Waals surface area contributed by atoms with E-state index in [4.69, 9.17) is 25.8 Å². The summed E-state index contributed by atoms with van der Waals surface area (Å²) in [6.45, 7) is 3.14. The molecule has 2 aliphatic heterocycles. The first-order valence-electron chi connectivity index (χ1n) is 10.8. The smallest absolute Gasteiger partial charge is 0.413 e. The topological polar surface area (TPSA) is 106 Å². The van der Waals surface area contributed by atoms with E-state index in [0.29, 0.717) is 66.0 Å². The molecule has 2 atom stereocenters. The van der Waals surface area contributed by atoms with E-state index in [2.05, 4.69) is 21.4 Å². The van der Waals surface area contributed by atoms with Gasteiger partial charge in [0.1, 0.15) is 17.7 Å². The molecule has 0 spiro atoms. The van der Waals surface area contributed by atoms with Crippen LogP contribution in [0.25, 0.3) is 21.9 Å². The number of fused-ring (bicyclic) bond motifs is 2. The average molecular weight is 483 g/mol. The van der Waals surface area contributed by atoms with E-state index in [1.54, 1.807) is 12.1 Å². The van der Waals surface area contributed by atoms with Crippen molar-refractivity contribution in [1.82, 2.24) is 9.97 Å². The molecule has 2 aromatic heterocycles. The molecule has 34 heavy (non-hydrogen) atoms. The third-order valence-electron chi connectivity index (χ3n) is 6.08. The van der Waals surface area contributed by atoms with Gasteiger partial charge in [0.05, 0.1) is 36.8 Å². The molecule has 0 radical (unpaired) electrons. The first kappa shape index (κ1) is 22.3. The lowest BCUT2D eigenvalue weighted by Gasteiger charge is -2.24. The van der Waals surface area contributed by atoms with Crippen LogP contribution in [0.3, 0.4) is 0 Å². The monoisotopic (exact) mass is 482 g/mol. The van der Waals surface area contributed by atoms with E-state index in [1.165, 1.54) is 12.4 Å². The van der Waals surface area contributed by atoms with Gasteiger partial charge in [-0.2, -0.15) is 5.26 Å². The number of pyridine rings is 2. The summed E-state index contributed by atoms with van der Waals surface area (Å²) in [7, 11) is 0. The Labute approximate surface area is 199 Å². The third-order valence-corrected chi connectivity index (χ3v) is 6.45. The van der Waals surface area contributed by atoms with E-state index in [1.807, 2.05) is 6.92 Å². The van der Waals surface area contributed by atoms with Gasteiger partial charge in [-0.1, -0.05) is 11.6 Å². The van der Waals surface area contributed by atoms with E-state index >= 15 is 4.39 Å². The number of nitrogens with one attached hydrogen (secondary N) is 1. The highest BCUT2D eigenvalue weighted by molar-refractivity contribution is 6.36. The van der Waals surface area contributed by atoms with Crippen molar-refractivity contribution in [2.75, 3.05) is 25.1 Å². The molecule has 1 amide bonds. The van der Waals surface area contributed by atoms with E-state index in [0.717, 1.165) is 0 Å². The highest BCUT2D eigenvalue weighted by Gasteiger charge is 2.27. The Bertz CT molecular complexity index is 1340. The second-order valence-corrected chi connectivity index (χ2v) is 8.57. The summed E-state index contributed by atoms with van der Waals surface area (Å²) in [5.41, 5.74) is 2.12. The molecule has 1 unspecified atom stereocenters. The molecule has 2 aliphatic rings. The van der Waals surface area contributed by atoms with Crippen molar-refractivity contribution in [3.8, 4) is 23.1 Å². The fourth-order valence-corrected chi connectivity index (χ4v) is 4.58. The van der Waals surface area contributed by atoms with Gasteiger partial charge in [-0.15, -0.1) is 0 Å². The molecule has 1 fully saturated rings. The summed E-state index contributed by atoms with van der Waals surface area (Å²) in [4.78, 5) is 20.7. The van der Waals surface area contributed by atoms with Crippen molar-refractivity contribution in [2.24, 2.45) is 0 Å². The van der Waals surface area contributed by atoms with Crippen molar-refractivity contribution in [3.63, 3.8) is 0 Å². The van der Waals surface area contributed by atoms with Crippen molar-refractivity contribution in [2.45, 2.75) is 31.8 Å². The molecule has 0 aliphatic carbocycles. The van der Waals surface area contributed by atoms with Gasteiger partial charge in [0.25, 0.3) is 0 Å². The first-order valence-corrected chi connectivity index (χ1v) is 11.2. The minimum Gasteiger partial charge on any atom is -0.477 e. The number of benzene rings is 1. The lowest BCUT2D eigenvalue weighted by molar-refractivity contribution is 0.0931. The van der Waals surface area contributed by atoms with Crippen LogP contribution in [-0.2, 0) is 9.47 Å². The van der Waals surface area contributed by atoms with Crippen LogP contribution < -0.4 is 10.1 Å². The highest BCUT2D eigenvalue weighted by atomic mass is 35.5. The quantitative estimate of drug-likeness (QED) is 0.551. The number of halogens is 2. The fourth-order valence-electron chi connectivity index (χ4n) is 4.32. The van der Waals surface area contributed by atoms with Gasteiger partial charge in [-0.25, -0.2) is 19.2 Å². The first-order chi connectivity index (χ1) is 16.5. The van der Waals surface area contributed by atoms with Crippen LogP contribution in [0.15, 0.2) is 24.5 Å². The van der Waals surface area contributed by atoms with Crippen molar-refractivity contribution in [3.05, 3.63) is 46.5 Å². The molecule has 174 valence electrons. The van der Waals surface area contributed by atoms with Crippen LogP contribution in [0.1, 0.15) is 29.9 Å². The number of hydrogen-bond donors (Lipinski definition) is 1. The number of ether oxygens (including phenoxy) is 3. The maximum atomic E-state index is 15.4. The zero-order valence-electron chi connectivity index (χ0n) is 18.2. The maximum absolute atomic E-state index is 15.4. The highest BCUT2D eigenvalue weighted by Crippen LogP contribution is 2.41. The molecule has 1 saturated heterocycles. The summed E-state index contributed by atoms with van der Waals surface area (Å²) in [6, 6.07) is 5.50. The molecule has 0 saturated carbocycles. The van der Waals surface area contributed by atoms with Gasteiger partial charge in [-0.3, -0.25) is 5.32 Å². The molecule has 1 aromatic carbocycles. The lowest BCUT2D eigenvalue weighted by atomic mass is 9.88. The van der Waals surface area contributed by atoms with Crippen LogP contribution in [-0.4, -0.2) is 42.0 Å². The predicted octanol–water partition coefficient (Wildman–Crippen LogP) is 5.12. The maximum Gasteiger partial charge on any atom is 0.413 e. The van der Waals surface area contributed by atoms with Gasteiger partial charge in [-0.05, 0) is 30.0 Å². The largest absolute Gasteiger partial charge is 0.477 e. The van der Waals surface area contributed by atoms with Crippen LogP contribution in [0.5, 0.6) is 5.88 Å². The molecule has 1 N–H and O–H groups in total. The normalized spacial score (nSPS) is 19.2. The Morgan fingerprint density at radius 2 is 2.12 bits per heavy atom. The Hall–Kier alpha value is -3.48. The summed E-state index contributed by atoms with van der Waals surface area (Å²) in [5, 5.41) is 13.0. The number of rotatable bonds is 3. The predicted molar refractivity (Wildman–Crippen MR) is 122 cm³/mol. The molecule has 4 heterocycles. The number of nitrogens with zero attached hydrogens (tertiary/aromatic N) is 3. The second-order valence-electron chi connectivity index (χ2n) is 8.19. The van der Waals surface area contributed by atoms with Crippen molar-refractivity contribution >= 4 is 34.3 Å². The number of carbonyl (C=O) groups is 1. The van der Waals surface area contributed by atoms with E-state index in [9.17, 15) is 10.1 Å². The van der Waals surface area contributed by atoms with Crippen LogP contribution in [0.2, 0.25) is 5.02 Å².